The fraction of sp³-hybridized carbons (Fsp3) is 0.579. The molecule has 1 aromatic rings. The smallest absolute Gasteiger partial charge is 0.407 e. The maximum Gasteiger partial charge on any atom is 0.407 e. The predicted octanol–water partition coefficient (Wildman–Crippen LogP) is 1.80. The summed E-state index contributed by atoms with van der Waals surface area (Å²) < 4.78 is 5.17. The van der Waals surface area contributed by atoms with E-state index < -0.39 is 11.7 Å². The molecule has 1 rings (SSSR count). The van der Waals surface area contributed by atoms with Gasteiger partial charge < -0.3 is 26.0 Å². The zero-order chi connectivity index (χ0) is 21.0. The van der Waals surface area contributed by atoms with E-state index in [1.165, 1.54) is 0 Å². The van der Waals surface area contributed by atoms with Crippen molar-refractivity contribution in [2.45, 2.75) is 46.6 Å². The maximum absolute atomic E-state index is 12.0. The highest BCUT2D eigenvalue weighted by Crippen LogP contribution is 2.06. The zero-order valence-corrected chi connectivity index (χ0v) is 17.4. The lowest BCUT2D eigenvalue weighted by Crippen LogP contribution is -2.42. The predicted molar refractivity (Wildman–Crippen MR) is 110 cm³/mol. The monoisotopic (exact) mass is 392 g/mol. The van der Waals surface area contributed by atoms with Crippen LogP contribution in [0.1, 0.15) is 39.8 Å². The summed E-state index contributed by atoms with van der Waals surface area (Å²) in [5, 5.41) is 11.6. The average molecular weight is 393 g/mol. The van der Waals surface area contributed by atoms with E-state index in [4.69, 9.17) is 4.74 Å². The van der Waals surface area contributed by atoms with E-state index in [9.17, 15) is 9.59 Å². The molecule has 9 nitrogen and oxygen atoms in total. The number of hydrogen-bond donors (Lipinski definition) is 4. The first-order chi connectivity index (χ1) is 13.2. The molecule has 9 heteroatoms. The van der Waals surface area contributed by atoms with Crippen LogP contribution in [0.15, 0.2) is 23.2 Å². The van der Waals surface area contributed by atoms with Gasteiger partial charge in [-0.1, -0.05) is 6.07 Å². The Morgan fingerprint density at radius 2 is 1.86 bits per heavy atom. The van der Waals surface area contributed by atoms with Gasteiger partial charge in [-0.15, -0.1) is 0 Å². The SMILES string of the molecule is CCNC(=NCCC(=O)Nc1cccc(C)n1)NCCNC(=O)OC(C)(C)C. The number of rotatable bonds is 8. The lowest BCUT2D eigenvalue weighted by molar-refractivity contribution is -0.116. The molecule has 1 heterocycles. The van der Waals surface area contributed by atoms with Gasteiger partial charge in [0.15, 0.2) is 5.96 Å². The van der Waals surface area contributed by atoms with Crippen LogP contribution in [0, 0.1) is 6.92 Å². The number of nitrogens with zero attached hydrogens (tertiary/aromatic N) is 2. The second-order valence-corrected chi connectivity index (χ2v) is 7.08. The number of aliphatic imine (C=N–C) groups is 1. The number of pyridine rings is 1. The first-order valence-electron chi connectivity index (χ1n) is 9.42. The molecule has 0 aromatic carbocycles. The third-order valence-electron chi connectivity index (χ3n) is 3.19. The fourth-order valence-corrected chi connectivity index (χ4v) is 2.09. The highest BCUT2D eigenvalue weighted by atomic mass is 16.6. The third kappa shape index (κ3) is 11.0. The molecule has 1 aromatic heterocycles. The molecule has 0 saturated carbocycles. The highest BCUT2D eigenvalue weighted by Gasteiger charge is 2.15. The van der Waals surface area contributed by atoms with E-state index >= 15 is 0 Å². The summed E-state index contributed by atoms with van der Waals surface area (Å²) in [5.41, 5.74) is 0.317. The Morgan fingerprint density at radius 3 is 2.50 bits per heavy atom. The van der Waals surface area contributed by atoms with Crippen molar-refractivity contribution in [1.82, 2.24) is 20.9 Å². The van der Waals surface area contributed by atoms with Crippen molar-refractivity contribution in [3.8, 4) is 0 Å². The molecule has 0 radical (unpaired) electrons. The van der Waals surface area contributed by atoms with E-state index in [2.05, 4.69) is 31.2 Å². The minimum absolute atomic E-state index is 0.149. The third-order valence-corrected chi connectivity index (χ3v) is 3.19. The van der Waals surface area contributed by atoms with Crippen LogP contribution in [0.25, 0.3) is 0 Å². The van der Waals surface area contributed by atoms with Crippen molar-refractivity contribution in [2.75, 3.05) is 31.5 Å². The van der Waals surface area contributed by atoms with Gasteiger partial charge in [-0.25, -0.2) is 9.78 Å². The Balaban J connectivity index is 2.34. The molecule has 2 amide bonds. The molecule has 0 atom stereocenters. The molecular formula is C19H32N6O3. The number of ether oxygens (including phenoxy) is 1. The molecule has 0 fully saturated rings. The van der Waals surface area contributed by atoms with E-state index in [1.807, 2.05) is 46.8 Å². The quantitative estimate of drug-likeness (QED) is 0.304. The van der Waals surface area contributed by atoms with E-state index in [0.717, 1.165) is 5.69 Å². The average Bonchev–Trinajstić information content (AvgIpc) is 2.57. The summed E-state index contributed by atoms with van der Waals surface area (Å²) in [5.74, 6) is 0.964. The van der Waals surface area contributed by atoms with Crippen LogP contribution in [0.5, 0.6) is 0 Å². The first-order valence-corrected chi connectivity index (χ1v) is 9.42. The normalized spacial score (nSPS) is 11.5. The van der Waals surface area contributed by atoms with Crippen molar-refractivity contribution in [1.29, 1.82) is 0 Å². The number of aromatic nitrogens is 1. The van der Waals surface area contributed by atoms with Gasteiger partial charge >= 0.3 is 6.09 Å². The van der Waals surface area contributed by atoms with Crippen molar-refractivity contribution in [2.24, 2.45) is 4.99 Å². The van der Waals surface area contributed by atoms with Crippen molar-refractivity contribution >= 4 is 23.8 Å². The summed E-state index contributed by atoms with van der Waals surface area (Å²) in [6.07, 6.45) is -0.222. The number of carbonyl (C=O) groups is 2. The van der Waals surface area contributed by atoms with Crippen molar-refractivity contribution in [3.05, 3.63) is 23.9 Å². The van der Waals surface area contributed by atoms with Crippen LogP contribution >= 0.6 is 0 Å². The fourth-order valence-electron chi connectivity index (χ4n) is 2.09. The number of guanidine groups is 1. The van der Waals surface area contributed by atoms with Gasteiger partial charge in [0.2, 0.25) is 5.91 Å². The van der Waals surface area contributed by atoms with Crippen LogP contribution in [-0.4, -0.2) is 54.7 Å². The summed E-state index contributed by atoms with van der Waals surface area (Å²) in [4.78, 5) is 32.2. The maximum atomic E-state index is 12.0. The number of anilines is 1. The van der Waals surface area contributed by atoms with Gasteiger partial charge in [-0.05, 0) is 46.8 Å². The molecule has 156 valence electrons. The molecule has 0 spiro atoms. The Morgan fingerprint density at radius 1 is 1.14 bits per heavy atom. The first kappa shape index (κ1) is 23.2. The molecule has 28 heavy (non-hydrogen) atoms. The van der Waals surface area contributed by atoms with Gasteiger partial charge in [0, 0.05) is 31.7 Å². The second-order valence-electron chi connectivity index (χ2n) is 7.08. The minimum Gasteiger partial charge on any atom is -0.444 e. The molecule has 4 N–H and O–H groups in total. The molecule has 0 bridgehead atoms. The Bertz CT molecular complexity index is 670. The summed E-state index contributed by atoms with van der Waals surface area (Å²) in [6, 6.07) is 5.46. The highest BCUT2D eigenvalue weighted by molar-refractivity contribution is 5.90. The molecule has 0 aliphatic carbocycles. The summed E-state index contributed by atoms with van der Waals surface area (Å²) in [7, 11) is 0. The number of carbonyl (C=O) groups excluding carboxylic acids is 2. The molecule has 0 unspecified atom stereocenters. The molecule has 0 aliphatic rings. The van der Waals surface area contributed by atoms with Crippen LogP contribution in [0.4, 0.5) is 10.6 Å². The number of amides is 2. The van der Waals surface area contributed by atoms with Crippen molar-refractivity contribution in [3.63, 3.8) is 0 Å². The van der Waals surface area contributed by atoms with Gasteiger partial charge in [0.05, 0.1) is 6.54 Å². The van der Waals surface area contributed by atoms with Crippen LogP contribution in [0.3, 0.4) is 0 Å². The van der Waals surface area contributed by atoms with E-state index in [1.54, 1.807) is 6.07 Å². The Hall–Kier alpha value is -2.84. The largest absolute Gasteiger partial charge is 0.444 e. The molecule has 0 saturated heterocycles. The molecule has 0 aliphatic heterocycles. The van der Waals surface area contributed by atoms with Gasteiger partial charge in [0.25, 0.3) is 0 Å². The number of alkyl carbamates (subject to hydrolysis) is 1. The van der Waals surface area contributed by atoms with Crippen LogP contribution < -0.4 is 21.3 Å². The standard InChI is InChI=1S/C19H32N6O3/c1-6-20-17(22-12-13-23-18(27)28-19(3,4)5)21-11-10-16(26)25-15-9-7-8-14(2)24-15/h7-9H,6,10-13H2,1-5H3,(H,23,27)(H2,20,21,22)(H,24,25,26). The molecular weight excluding hydrogens is 360 g/mol. The van der Waals surface area contributed by atoms with E-state index in [0.29, 0.717) is 38.0 Å². The van der Waals surface area contributed by atoms with Crippen LogP contribution in [0.2, 0.25) is 0 Å². The Labute approximate surface area is 166 Å². The number of aryl methyl sites for hydroxylation is 1. The lowest BCUT2D eigenvalue weighted by Gasteiger charge is -2.19. The number of hydrogen-bond acceptors (Lipinski definition) is 5. The van der Waals surface area contributed by atoms with Crippen LogP contribution in [-0.2, 0) is 9.53 Å². The topological polar surface area (TPSA) is 117 Å². The number of nitrogens with one attached hydrogen (secondary N) is 4. The summed E-state index contributed by atoms with van der Waals surface area (Å²) >= 11 is 0. The minimum atomic E-state index is -0.525. The Kier molecular flexibility index (Phi) is 9.76. The van der Waals surface area contributed by atoms with Gasteiger partial charge in [0.1, 0.15) is 11.4 Å². The van der Waals surface area contributed by atoms with E-state index in [-0.39, 0.29) is 12.3 Å². The van der Waals surface area contributed by atoms with Crippen molar-refractivity contribution < 1.29 is 14.3 Å². The zero-order valence-electron chi connectivity index (χ0n) is 17.4. The lowest BCUT2D eigenvalue weighted by atomic mass is 10.2. The van der Waals surface area contributed by atoms with Gasteiger partial charge in [-0.2, -0.15) is 0 Å². The van der Waals surface area contributed by atoms with Gasteiger partial charge in [-0.3, -0.25) is 9.79 Å². The summed E-state index contributed by atoms with van der Waals surface area (Å²) in [6.45, 7) is 11.1. The second kappa shape index (κ2) is 11.8.